The summed E-state index contributed by atoms with van der Waals surface area (Å²) in [6.45, 7) is 10.7. The normalized spacial score (nSPS) is 21.2. The summed E-state index contributed by atoms with van der Waals surface area (Å²) in [5.74, 6) is 0.677. The monoisotopic (exact) mass is 169 g/mol. The van der Waals surface area contributed by atoms with Crippen LogP contribution < -0.4 is 5.32 Å². The lowest BCUT2D eigenvalue weighted by Gasteiger charge is -2.13. The van der Waals surface area contributed by atoms with Crippen LogP contribution in [-0.2, 0) is 0 Å². The molecular formula is C11H23N. The zero-order chi connectivity index (χ0) is 9.56. The molecule has 0 aromatic carbocycles. The third-order valence-corrected chi connectivity index (χ3v) is 2.11. The predicted octanol–water partition coefficient (Wildman–Crippen LogP) is 3.32. The van der Waals surface area contributed by atoms with Crippen LogP contribution in [0.4, 0.5) is 0 Å². The SMILES string of the molecule is CC.CCC1CC=C(C(C)C)N1. The molecule has 1 aliphatic heterocycles. The molecule has 0 aromatic rings. The molecule has 0 radical (unpaired) electrons. The number of hydrogen-bond donors (Lipinski definition) is 1. The average Bonchev–Trinajstić information content (AvgIpc) is 2.55. The smallest absolute Gasteiger partial charge is 0.0290 e. The summed E-state index contributed by atoms with van der Waals surface area (Å²) in [5, 5.41) is 3.50. The molecule has 0 spiro atoms. The van der Waals surface area contributed by atoms with Crippen LogP contribution in [0.1, 0.15) is 47.5 Å². The molecule has 1 aliphatic rings. The highest BCUT2D eigenvalue weighted by Crippen LogP contribution is 2.17. The molecular weight excluding hydrogens is 146 g/mol. The van der Waals surface area contributed by atoms with Crippen LogP contribution in [0.25, 0.3) is 0 Å². The zero-order valence-corrected chi connectivity index (χ0v) is 9.15. The fourth-order valence-electron chi connectivity index (χ4n) is 1.29. The second kappa shape index (κ2) is 6.10. The van der Waals surface area contributed by atoms with Crippen molar-refractivity contribution in [3.63, 3.8) is 0 Å². The van der Waals surface area contributed by atoms with Crippen molar-refractivity contribution in [3.8, 4) is 0 Å². The first-order valence-corrected chi connectivity index (χ1v) is 5.20. The zero-order valence-electron chi connectivity index (χ0n) is 9.15. The fourth-order valence-corrected chi connectivity index (χ4v) is 1.29. The number of nitrogens with one attached hydrogen (secondary N) is 1. The molecule has 1 heteroatoms. The van der Waals surface area contributed by atoms with Gasteiger partial charge < -0.3 is 5.32 Å². The lowest BCUT2D eigenvalue weighted by atomic mass is 10.1. The van der Waals surface area contributed by atoms with Crippen LogP contribution in [-0.4, -0.2) is 6.04 Å². The first-order chi connectivity index (χ1) is 5.74. The minimum Gasteiger partial charge on any atom is -0.385 e. The Hall–Kier alpha value is -0.460. The van der Waals surface area contributed by atoms with E-state index in [1.54, 1.807) is 0 Å². The Labute approximate surface area is 77.2 Å². The Kier molecular flexibility index (Phi) is 5.87. The van der Waals surface area contributed by atoms with Crippen molar-refractivity contribution in [3.05, 3.63) is 11.8 Å². The maximum Gasteiger partial charge on any atom is 0.0290 e. The van der Waals surface area contributed by atoms with Crippen molar-refractivity contribution in [2.75, 3.05) is 0 Å². The van der Waals surface area contributed by atoms with Gasteiger partial charge in [-0.05, 0) is 18.8 Å². The van der Waals surface area contributed by atoms with Crippen LogP contribution in [0.15, 0.2) is 11.8 Å². The van der Waals surface area contributed by atoms with E-state index in [1.165, 1.54) is 18.5 Å². The van der Waals surface area contributed by atoms with E-state index >= 15 is 0 Å². The van der Waals surface area contributed by atoms with Gasteiger partial charge in [0.05, 0.1) is 0 Å². The largest absolute Gasteiger partial charge is 0.385 e. The van der Waals surface area contributed by atoms with E-state index in [9.17, 15) is 0 Å². The van der Waals surface area contributed by atoms with E-state index in [1.807, 2.05) is 13.8 Å². The van der Waals surface area contributed by atoms with Gasteiger partial charge in [0.1, 0.15) is 0 Å². The molecule has 0 amide bonds. The summed E-state index contributed by atoms with van der Waals surface area (Å²) >= 11 is 0. The third kappa shape index (κ3) is 3.29. The van der Waals surface area contributed by atoms with E-state index in [2.05, 4.69) is 32.2 Å². The van der Waals surface area contributed by atoms with Crippen LogP contribution in [0.5, 0.6) is 0 Å². The Morgan fingerprint density at radius 2 is 2.08 bits per heavy atom. The lowest BCUT2D eigenvalue weighted by Crippen LogP contribution is -2.23. The van der Waals surface area contributed by atoms with E-state index in [0.717, 1.165) is 6.04 Å². The summed E-state index contributed by atoms with van der Waals surface area (Å²) in [5.41, 5.74) is 1.44. The van der Waals surface area contributed by atoms with Crippen LogP contribution in [0.2, 0.25) is 0 Å². The number of rotatable bonds is 2. The van der Waals surface area contributed by atoms with E-state index in [0.29, 0.717) is 5.92 Å². The Bertz CT molecular complexity index is 136. The summed E-state index contributed by atoms with van der Waals surface area (Å²) < 4.78 is 0. The second-order valence-corrected chi connectivity index (χ2v) is 3.30. The Morgan fingerprint density at radius 3 is 2.33 bits per heavy atom. The molecule has 1 rings (SSSR count). The van der Waals surface area contributed by atoms with Crippen molar-refractivity contribution < 1.29 is 0 Å². The van der Waals surface area contributed by atoms with Crippen molar-refractivity contribution >= 4 is 0 Å². The van der Waals surface area contributed by atoms with E-state index < -0.39 is 0 Å². The summed E-state index contributed by atoms with van der Waals surface area (Å²) in [7, 11) is 0. The predicted molar refractivity (Wildman–Crippen MR) is 56.1 cm³/mol. The second-order valence-electron chi connectivity index (χ2n) is 3.30. The Balaban J connectivity index is 0.000000561. The highest BCUT2D eigenvalue weighted by Gasteiger charge is 2.14. The summed E-state index contributed by atoms with van der Waals surface area (Å²) in [4.78, 5) is 0. The fraction of sp³-hybridized carbons (Fsp3) is 0.818. The van der Waals surface area contributed by atoms with Gasteiger partial charge in [-0.1, -0.05) is 40.7 Å². The molecule has 1 nitrogen and oxygen atoms in total. The van der Waals surface area contributed by atoms with Gasteiger partial charge in [-0.25, -0.2) is 0 Å². The average molecular weight is 169 g/mol. The maximum atomic E-state index is 3.50. The molecule has 12 heavy (non-hydrogen) atoms. The molecule has 1 unspecified atom stereocenters. The van der Waals surface area contributed by atoms with Gasteiger partial charge in [-0.2, -0.15) is 0 Å². The molecule has 0 fully saturated rings. The van der Waals surface area contributed by atoms with Crippen molar-refractivity contribution in [1.82, 2.24) is 5.32 Å². The van der Waals surface area contributed by atoms with Crippen LogP contribution >= 0.6 is 0 Å². The van der Waals surface area contributed by atoms with E-state index in [-0.39, 0.29) is 0 Å². The van der Waals surface area contributed by atoms with Crippen molar-refractivity contribution in [2.24, 2.45) is 5.92 Å². The van der Waals surface area contributed by atoms with Gasteiger partial charge >= 0.3 is 0 Å². The third-order valence-electron chi connectivity index (χ3n) is 2.11. The molecule has 0 aromatic heterocycles. The molecule has 1 atom stereocenters. The number of hydrogen-bond acceptors (Lipinski definition) is 1. The molecule has 1 N–H and O–H groups in total. The highest BCUT2D eigenvalue weighted by molar-refractivity contribution is 5.10. The first kappa shape index (κ1) is 11.5. The van der Waals surface area contributed by atoms with E-state index in [4.69, 9.17) is 0 Å². The quantitative estimate of drug-likeness (QED) is 0.668. The number of allylic oxidation sites excluding steroid dienone is 1. The maximum absolute atomic E-state index is 3.50. The lowest BCUT2D eigenvalue weighted by molar-refractivity contribution is 0.559. The summed E-state index contributed by atoms with van der Waals surface area (Å²) in [6.07, 6.45) is 4.80. The molecule has 1 heterocycles. The first-order valence-electron chi connectivity index (χ1n) is 5.20. The van der Waals surface area contributed by atoms with Gasteiger partial charge in [-0.15, -0.1) is 0 Å². The minimum atomic E-state index is 0.677. The van der Waals surface area contributed by atoms with Crippen molar-refractivity contribution in [1.29, 1.82) is 0 Å². The summed E-state index contributed by atoms with van der Waals surface area (Å²) in [6, 6.07) is 0.720. The van der Waals surface area contributed by atoms with Gasteiger partial charge in [0.15, 0.2) is 0 Å². The molecule has 0 aliphatic carbocycles. The molecule has 0 bridgehead atoms. The van der Waals surface area contributed by atoms with Gasteiger partial charge in [0, 0.05) is 11.7 Å². The standard InChI is InChI=1S/C9H17N.C2H6/c1-4-8-5-6-9(10-8)7(2)3;1-2/h6-8,10H,4-5H2,1-3H3;1-2H3. The molecule has 0 saturated carbocycles. The minimum absolute atomic E-state index is 0.677. The van der Waals surface area contributed by atoms with Gasteiger partial charge in [0.2, 0.25) is 0 Å². The van der Waals surface area contributed by atoms with Crippen molar-refractivity contribution in [2.45, 2.75) is 53.5 Å². The van der Waals surface area contributed by atoms with Gasteiger partial charge in [-0.3, -0.25) is 0 Å². The molecule has 72 valence electrons. The highest BCUT2D eigenvalue weighted by atomic mass is 14.9. The molecule has 0 saturated heterocycles. The Morgan fingerprint density at radius 1 is 1.50 bits per heavy atom. The van der Waals surface area contributed by atoms with Crippen LogP contribution in [0, 0.1) is 5.92 Å². The van der Waals surface area contributed by atoms with Crippen LogP contribution in [0.3, 0.4) is 0 Å². The van der Waals surface area contributed by atoms with Gasteiger partial charge in [0.25, 0.3) is 0 Å². The topological polar surface area (TPSA) is 12.0 Å².